The maximum Gasteiger partial charge on any atom is 0.389 e. The van der Waals surface area contributed by atoms with E-state index in [0.717, 1.165) is 0 Å². The number of nitrogens with one attached hydrogen (secondary N) is 1. The van der Waals surface area contributed by atoms with Crippen LogP contribution in [0.2, 0.25) is 0 Å². The molecule has 0 saturated carbocycles. The second-order valence-corrected chi connectivity index (χ2v) is 3.55. The molecule has 16 heavy (non-hydrogen) atoms. The highest BCUT2D eigenvalue weighted by Crippen LogP contribution is 2.20. The van der Waals surface area contributed by atoms with Gasteiger partial charge in [0.15, 0.2) is 0 Å². The van der Waals surface area contributed by atoms with Crippen LogP contribution in [0.25, 0.3) is 0 Å². The van der Waals surface area contributed by atoms with Crippen molar-refractivity contribution in [3.8, 4) is 0 Å². The van der Waals surface area contributed by atoms with Crippen LogP contribution in [0.4, 0.5) is 13.2 Å². The highest BCUT2D eigenvalue weighted by molar-refractivity contribution is 5.15. The summed E-state index contributed by atoms with van der Waals surface area (Å²) in [7, 11) is 0. The van der Waals surface area contributed by atoms with Crippen LogP contribution in [0.3, 0.4) is 0 Å². The predicted octanol–water partition coefficient (Wildman–Crippen LogP) is 2.14. The van der Waals surface area contributed by atoms with E-state index in [1.54, 1.807) is 6.92 Å². The Labute approximate surface area is 90.7 Å². The fourth-order valence-electron chi connectivity index (χ4n) is 1.35. The van der Waals surface area contributed by atoms with Crippen LogP contribution in [0.1, 0.15) is 30.4 Å². The molecular formula is C10H13F3N2O. The van der Waals surface area contributed by atoms with Gasteiger partial charge < -0.3 is 4.98 Å². The van der Waals surface area contributed by atoms with Crippen LogP contribution in [0.5, 0.6) is 0 Å². The molecule has 90 valence electrons. The highest BCUT2D eigenvalue weighted by atomic mass is 19.4. The summed E-state index contributed by atoms with van der Waals surface area (Å²) in [5.74, 6) is 0.102. The largest absolute Gasteiger partial charge is 0.389 e. The van der Waals surface area contributed by atoms with Crippen molar-refractivity contribution in [1.29, 1.82) is 0 Å². The van der Waals surface area contributed by atoms with E-state index >= 15 is 0 Å². The minimum atomic E-state index is -4.23. The molecule has 1 N–H and O–H groups in total. The summed E-state index contributed by atoms with van der Waals surface area (Å²) in [6.45, 7) is 3.42. The summed E-state index contributed by atoms with van der Waals surface area (Å²) in [5, 5.41) is 0. The SMILES string of the molecule is CCc1nc(CCC(F)(F)F)[nH]c(=O)c1C. The molecule has 1 heterocycles. The molecule has 0 aliphatic heterocycles. The smallest absolute Gasteiger partial charge is 0.310 e. The molecule has 0 aromatic carbocycles. The van der Waals surface area contributed by atoms with Gasteiger partial charge in [-0.3, -0.25) is 4.79 Å². The second-order valence-electron chi connectivity index (χ2n) is 3.55. The lowest BCUT2D eigenvalue weighted by Crippen LogP contribution is -2.19. The van der Waals surface area contributed by atoms with Crippen LogP contribution >= 0.6 is 0 Å². The van der Waals surface area contributed by atoms with E-state index in [-0.39, 0.29) is 17.8 Å². The van der Waals surface area contributed by atoms with Crippen molar-refractivity contribution < 1.29 is 13.2 Å². The van der Waals surface area contributed by atoms with E-state index in [1.807, 2.05) is 6.92 Å². The number of halogens is 3. The van der Waals surface area contributed by atoms with Gasteiger partial charge in [-0.1, -0.05) is 6.92 Å². The van der Waals surface area contributed by atoms with E-state index < -0.39 is 12.6 Å². The number of alkyl halides is 3. The Morgan fingerprint density at radius 2 is 2.00 bits per heavy atom. The Morgan fingerprint density at radius 1 is 1.38 bits per heavy atom. The minimum Gasteiger partial charge on any atom is -0.310 e. The molecule has 0 radical (unpaired) electrons. The molecule has 0 aliphatic rings. The zero-order chi connectivity index (χ0) is 12.3. The van der Waals surface area contributed by atoms with Gasteiger partial charge in [-0.05, 0) is 13.3 Å². The number of aromatic amines is 1. The van der Waals surface area contributed by atoms with E-state index in [9.17, 15) is 18.0 Å². The molecule has 1 aromatic heterocycles. The van der Waals surface area contributed by atoms with Crippen LogP contribution in [0, 0.1) is 6.92 Å². The average Bonchev–Trinajstić information content (AvgIpc) is 2.18. The molecule has 0 aliphatic carbocycles. The van der Waals surface area contributed by atoms with Crippen LogP contribution in [0.15, 0.2) is 4.79 Å². The van der Waals surface area contributed by atoms with Crippen molar-refractivity contribution in [3.05, 3.63) is 27.4 Å². The first-order chi connectivity index (χ1) is 7.33. The van der Waals surface area contributed by atoms with Crippen molar-refractivity contribution in [2.24, 2.45) is 0 Å². The molecule has 0 saturated heterocycles. The van der Waals surface area contributed by atoms with Gasteiger partial charge in [0.05, 0.1) is 12.1 Å². The lowest BCUT2D eigenvalue weighted by Gasteiger charge is -2.07. The third kappa shape index (κ3) is 3.36. The number of H-pyrrole nitrogens is 1. The number of rotatable bonds is 3. The number of aryl methyl sites for hydroxylation is 2. The fourth-order valence-corrected chi connectivity index (χ4v) is 1.35. The Morgan fingerprint density at radius 3 is 2.50 bits per heavy atom. The molecule has 0 bridgehead atoms. The highest BCUT2D eigenvalue weighted by Gasteiger charge is 2.27. The monoisotopic (exact) mass is 234 g/mol. The number of hydrogen-bond acceptors (Lipinski definition) is 2. The van der Waals surface area contributed by atoms with Crippen molar-refractivity contribution in [2.45, 2.75) is 39.3 Å². The standard InChI is InChI=1S/C10H13F3N2O/c1-3-7-6(2)9(16)15-8(14-7)4-5-10(11,12)13/h3-5H2,1-2H3,(H,14,15,16). The van der Waals surface area contributed by atoms with Crippen molar-refractivity contribution in [1.82, 2.24) is 9.97 Å². The first kappa shape index (κ1) is 12.7. The van der Waals surface area contributed by atoms with Crippen LogP contribution in [-0.2, 0) is 12.8 Å². The van der Waals surface area contributed by atoms with Gasteiger partial charge in [0.1, 0.15) is 5.82 Å². The summed E-state index contributed by atoms with van der Waals surface area (Å²) < 4.78 is 36.0. The third-order valence-electron chi connectivity index (χ3n) is 2.28. The summed E-state index contributed by atoms with van der Waals surface area (Å²) in [5.41, 5.74) is 0.670. The molecule has 0 spiro atoms. The van der Waals surface area contributed by atoms with Gasteiger partial charge in [0.25, 0.3) is 5.56 Å². The normalized spacial score (nSPS) is 11.8. The average molecular weight is 234 g/mol. The van der Waals surface area contributed by atoms with E-state index in [2.05, 4.69) is 9.97 Å². The van der Waals surface area contributed by atoms with Crippen molar-refractivity contribution in [3.63, 3.8) is 0 Å². The molecule has 6 heteroatoms. The Balaban J connectivity index is 2.91. The number of hydrogen-bond donors (Lipinski definition) is 1. The predicted molar refractivity (Wildman–Crippen MR) is 53.3 cm³/mol. The summed E-state index contributed by atoms with van der Waals surface area (Å²) in [4.78, 5) is 17.7. The second kappa shape index (κ2) is 4.67. The van der Waals surface area contributed by atoms with Crippen LogP contribution in [-0.4, -0.2) is 16.1 Å². The third-order valence-corrected chi connectivity index (χ3v) is 2.28. The molecule has 1 rings (SSSR count). The Bertz CT molecular complexity index is 423. The summed E-state index contributed by atoms with van der Waals surface area (Å²) in [6, 6.07) is 0. The maximum absolute atomic E-state index is 12.0. The molecule has 0 fully saturated rings. The first-order valence-electron chi connectivity index (χ1n) is 4.99. The zero-order valence-electron chi connectivity index (χ0n) is 9.11. The lowest BCUT2D eigenvalue weighted by atomic mass is 10.2. The molecule has 0 unspecified atom stereocenters. The van der Waals surface area contributed by atoms with E-state index in [4.69, 9.17) is 0 Å². The van der Waals surface area contributed by atoms with Gasteiger partial charge in [0.2, 0.25) is 0 Å². The maximum atomic E-state index is 12.0. The van der Waals surface area contributed by atoms with Gasteiger partial charge in [-0.2, -0.15) is 13.2 Å². The van der Waals surface area contributed by atoms with Gasteiger partial charge in [0, 0.05) is 12.0 Å². The zero-order valence-corrected chi connectivity index (χ0v) is 9.11. The fraction of sp³-hybridized carbons (Fsp3) is 0.600. The quantitative estimate of drug-likeness (QED) is 0.870. The number of aromatic nitrogens is 2. The minimum absolute atomic E-state index is 0.102. The molecular weight excluding hydrogens is 221 g/mol. The summed E-state index contributed by atoms with van der Waals surface area (Å²) in [6.07, 6.45) is -4.95. The van der Waals surface area contributed by atoms with Crippen LogP contribution < -0.4 is 5.56 Å². The molecule has 0 amide bonds. The van der Waals surface area contributed by atoms with Crippen molar-refractivity contribution in [2.75, 3.05) is 0 Å². The van der Waals surface area contributed by atoms with Gasteiger partial charge in [-0.15, -0.1) is 0 Å². The molecule has 1 aromatic rings. The Kier molecular flexibility index (Phi) is 3.72. The van der Waals surface area contributed by atoms with E-state index in [0.29, 0.717) is 17.7 Å². The van der Waals surface area contributed by atoms with E-state index in [1.165, 1.54) is 0 Å². The molecule has 3 nitrogen and oxygen atoms in total. The first-order valence-corrected chi connectivity index (χ1v) is 4.99. The lowest BCUT2D eigenvalue weighted by molar-refractivity contribution is -0.134. The number of nitrogens with zero attached hydrogens (tertiary/aromatic N) is 1. The molecule has 0 atom stereocenters. The van der Waals surface area contributed by atoms with Crippen molar-refractivity contribution >= 4 is 0 Å². The Hall–Kier alpha value is -1.33. The van der Waals surface area contributed by atoms with Gasteiger partial charge in [-0.25, -0.2) is 4.98 Å². The topological polar surface area (TPSA) is 45.8 Å². The van der Waals surface area contributed by atoms with Gasteiger partial charge >= 0.3 is 6.18 Å². The summed E-state index contributed by atoms with van der Waals surface area (Å²) >= 11 is 0.